The minimum absolute atomic E-state index is 0.0835. The van der Waals surface area contributed by atoms with Crippen molar-refractivity contribution in [2.75, 3.05) is 5.75 Å². The number of thioether (sulfide) groups is 1. The summed E-state index contributed by atoms with van der Waals surface area (Å²) in [6.07, 6.45) is 0. The first-order valence-electron chi connectivity index (χ1n) is 6.99. The number of hydrogen-bond donors (Lipinski definition) is 1. The van der Waals surface area contributed by atoms with Gasteiger partial charge in [0.05, 0.1) is 0 Å². The summed E-state index contributed by atoms with van der Waals surface area (Å²) >= 11 is 1.83. The molecule has 106 valence electrons. The van der Waals surface area contributed by atoms with Gasteiger partial charge in [-0.3, -0.25) is 0 Å². The summed E-state index contributed by atoms with van der Waals surface area (Å²) in [5.74, 6) is 0.908. The number of nitrogens with two attached hydrogens (primary N) is 1. The molecular weight excluding hydrogens is 262 g/mol. The molecule has 0 saturated carbocycles. The van der Waals surface area contributed by atoms with Crippen LogP contribution in [0.25, 0.3) is 0 Å². The molecule has 1 nitrogen and oxygen atoms in total. The molecule has 0 fully saturated rings. The Morgan fingerprint density at radius 3 is 2.15 bits per heavy atom. The van der Waals surface area contributed by atoms with E-state index in [1.54, 1.807) is 0 Å². The Bertz CT molecular complexity index is 584. The summed E-state index contributed by atoms with van der Waals surface area (Å²) in [5, 5.41) is 0. The van der Waals surface area contributed by atoms with E-state index in [4.69, 9.17) is 5.73 Å². The third-order valence-electron chi connectivity index (χ3n) is 3.58. The molecule has 0 radical (unpaired) electrons. The van der Waals surface area contributed by atoms with Gasteiger partial charge < -0.3 is 5.73 Å². The number of benzene rings is 2. The predicted octanol–water partition coefficient (Wildman–Crippen LogP) is 4.71. The van der Waals surface area contributed by atoms with E-state index in [1.165, 1.54) is 32.7 Å². The summed E-state index contributed by atoms with van der Waals surface area (Å²) in [7, 11) is 0. The van der Waals surface area contributed by atoms with E-state index < -0.39 is 0 Å². The van der Waals surface area contributed by atoms with Crippen molar-refractivity contribution in [3.8, 4) is 0 Å². The molecule has 0 aliphatic heterocycles. The fourth-order valence-electron chi connectivity index (χ4n) is 2.31. The van der Waals surface area contributed by atoms with Gasteiger partial charge in [0.15, 0.2) is 0 Å². The van der Waals surface area contributed by atoms with Crippen LogP contribution < -0.4 is 5.73 Å². The highest BCUT2D eigenvalue weighted by molar-refractivity contribution is 7.99. The molecule has 2 rings (SSSR count). The minimum Gasteiger partial charge on any atom is -0.323 e. The molecule has 2 aromatic rings. The Labute approximate surface area is 126 Å². The minimum atomic E-state index is 0.0835. The molecule has 0 saturated heterocycles. The van der Waals surface area contributed by atoms with Crippen LogP contribution in [0.1, 0.15) is 33.9 Å². The van der Waals surface area contributed by atoms with E-state index in [2.05, 4.69) is 64.1 Å². The second-order valence-electron chi connectivity index (χ2n) is 5.58. The summed E-state index contributed by atoms with van der Waals surface area (Å²) < 4.78 is 0. The lowest BCUT2D eigenvalue weighted by Crippen LogP contribution is -2.13. The molecular formula is C18H23NS. The van der Waals surface area contributed by atoms with Crippen molar-refractivity contribution < 1.29 is 0 Å². The Kier molecular flexibility index (Phi) is 4.90. The van der Waals surface area contributed by atoms with Crippen molar-refractivity contribution >= 4 is 11.8 Å². The van der Waals surface area contributed by atoms with Gasteiger partial charge in [-0.1, -0.05) is 35.4 Å². The quantitative estimate of drug-likeness (QED) is 0.823. The summed E-state index contributed by atoms with van der Waals surface area (Å²) in [6.45, 7) is 8.55. The molecule has 2 N–H and O–H groups in total. The summed E-state index contributed by atoms with van der Waals surface area (Å²) in [4.78, 5) is 1.30. The predicted molar refractivity (Wildman–Crippen MR) is 89.5 cm³/mol. The van der Waals surface area contributed by atoms with E-state index in [1.807, 2.05) is 11.8 Å². The van der Waals surface area contributed by atoms with Gasteiger partial charge in [0.25, 0.3) is 0 Å². The monoisotopic (exact) mass is 285 g/mol. The molecule has 0 amide bonds. The lowest BCUT2D eigenvalue weighted by atomic mass is 10.0. The highest BCUT2D eigenvalue weighted by Gasteiger charge is 2.08. The van der Waals surface area contributed by atoms with E-state index in [-0.39, 0.29) is 6.04 Å². The molecule has 20 heavy (non-hydrogen) atoms. The normalized spacial score (nSPS) is 12.4. The molecule has 1 unspecified atom stereocenters. The van der Waals surface area contributed by atoms with Gasteiger partial charge in [-0.15, -0.1) is 11.8 Å². The van der Waals surface area contributed by atoms with Crippen LogP contribution in [0.5, 0.6) is 0 Å². The third-order valence-corrected chi connectivity index (χ3v) is 4.69. The zero-order valence-corrected chi connectivity index (χ0v) is 13.6. The van der Waals surface area contributed by atoms with Crippen LogP contribution >= 0.6 is 11.8 Å². The van der Waals surface area contributed by atoms with Gasteiger partial charge in [-0.25, -0.2) is 0 Å². The maximum Gasteiger partial charge on any atom is 0.0390 e. The molecule has 0 bridgehead atoms. The highest BCUT2D eigenvalue weighted by atomic mass is 32.2. The van der Waals surface area contributed by atoms with Crippen molar-refractivity contribution in [1.82, 2.24) is 0 Å². The third kappa shape index (κ3) is 3.87. The van der Waals surface area contributed by atoms with E-state index in [0.717, 1.165) is 5.75 Å². The van der Waals surface area contributed by atoms with Crippen molar-refractivity contribution in [3.05, 3.63) is 64.2 Å². The fourth-order valence-corrected chi connectivity index (χ4v) is 3.30. The van der Waals surface area contributed by atoms with Crippen molar-refractivity contribution in [2.45, 2.75) is 38.6 Å². The largest absolute Gasteiger partial charge is 0.323 e. The standard InChI is InChI=1S/C18H23NS/c1-12-7-13(2)9-16(8-12)18(19)11-20-17-6-5-14(3)15(4)10-17/h5-10,18H,11,19H2,1-4H3. The second kappa shape index (κ2) is 6.47. The maximum atomic E-state index is 6.33. The zero-order chi connectivity index (χ0) is 14.7. The SMILES string of the molecule is Cc1cc(C)cc(C(N)CSc2ccc(C)c(C)c2)c1. The van der Waals surface area contributed by atoms with Crippen LogP contribution in [-0.4, -0.2) is 5.75 Å². The van der Waals surface area contributed by atoms with Gasteiger partial charge in [0, 0.05) is 16.7 Å². The first-order valence-corrected chi connectivity index (χ1v) is 7.98. The van der Waals surface area contributed by atoms with Crippen LogP contribution in [0, 0.1) is 27.7 Å². The first kappa shape index (κ1) is 15.1. The van der Waals surface area contributed by atoms with E-state index in [9.17, 15) is 0 Å². The molecule has 2 heteroatoms. The number of aryl methyl sites for hydroxylation is 4. The molecule has 2 aromatic carbocycles. The molecule has 0 heterocycles. The van der Waals surface area contributed by atoms with Gasteiger partial charge in [-0.05, 0) is 56.5 Å². The molecule has 0 aromatic heterocycles. The topological polar surface area (TPSA) is 26.0 Å². The fraction of sp³-hybridized carbons (Fsp3) is 0.333. The number of rotatable bonds is 4. The van der Waals surface area contributed by atoms with Crippen LogP contribution in [-0.2, 0) is 0 Å². The van der Waals surface area contributed by atoms with Gasteiger partial charge >= 0.3 is 0 Å². The Morgan fingerprint density at radius 2 is 1.55 bits per heavy atom. The van der Waals surface area contributed by atoms with Crippen molar-refractivity contribution in [3.63, 3.8) is 0 Å². The van der Waals surface area contributed by atoms with Crippen LogP contribution in [0.15, 0.2) is 41.3 Å². The van der Waals surface area contributed by atoms with E-state index in [0.29, 0.717) is 0 Å². The van der Waals surface area contributed by atoms with Gasteiger partial charge in [-0.2, -0.15) is 0 Å². The Morgan fingerprint density at radius 1 is 0.900 bits per heavy atom. The average Bonchev–Trinajstić information content (AvgIpc) is 2.38. The van der Waals surface area contributed by atoms with E-state index >= 15 is 0 Å². The highest BCUT2D eigenvalue weighted by Crippen LogP contribution is 2.26. The first-order chi connectivity index (χ1) is 9.45. The molecule has 0 aliphatic carbocycles. The smallest absolute Gasteiger partial charge is 0.0390 e. The van der Waals surface area contributed by atoms with Crippen LogP contribution in [0.4, 0.5) is 0 Å². The molecule has 1 atom stereocenters. The average molecular weight is 285 g/mol. The summed E-state index contributed by atoms with van der Waals surface area (Å²) in [5.41, 5.74) is 12.8. The van der Waals surface area contributed by atoms with Gasteiger partial charge in [0.2, 0.25) is 0 Å². The number of hydrogen-bond acceptors (Lipinski definition) is 2. The lowest BCUT2D eigenvalue weighted by Gasteiger charge is -2.14. The lowest BCUT2D eigenvalue weighted by molar-refractivity contribution is 0.828. The molecule has 0 aliphatic rings. The Hall–Kier alpha value is -1.25. The summed E-state index contributed by atoms with van der Waals surface area (Å²) in [6, 6.07) is 13.3. The van der Waals surface area contributed by atoms with Crippen LogP contribution in [0.2, 0.25) is 0 Å². The maximum absolute atomic E-state index is 6.33. The van der Waals surface area contributed by atoms with Crippen molar-refractivity contribution in [1.29, 1.82) is 0 Å². The van der Waals surface area contributed by atoms with Gasteiger partial charge in [0.1, 0.15) is 0 Å². The molecule has 0 spiro atoms. The zero-order valence-electron chi connectivity index (χ0n) is 12.7. The Balaban J connectivity index is 2.04. The van der Waals surface area contributed by atoms with Crippen molar-refractivity contribution in [2.24, 2.45) is 5.73 Å². The van der Waals surface area contributed by atoms with Crippen LogP contribution in [0.3, 0.4) is 0 Å². The second-order valence-corrected chi connectivity index (χ2v) is 6.68.